The van der Waals surface area contributed by atoms with E-state index in [4.69, 9.17) is 9.47 Å². The van der Waals surface area contributed by atoms with Crippen LogP contribution in [-0.4, -0.2) is 47.6 Å². The Hall–Kier alpha value is -1.66. The van der Waals surface area contributed by atoms with E-state index in [2.05, 4.69) is 33.8 Å². The lowest BCUT2D eigenvalue weighted by atomic mass is 9.36. The minimum Gasteiger partial charge on any atom is -0.478 e. The molecule has 40 heavy (non-hydrogen) atoms. The fourth-order valence-corrected chi connectivity index (χ4v) is 10.1. The maximum absolute atomic E-state index is 12.7. The number of methoxy groups -OCH3 is 1. The molecule has 0 aliphatic heterocycles. The Morgan fingerprint density at radius 3 is 2.25 bits per heavy atom. The van der Waals surface area contributed by atoms with Gasteiger partial charge in [-0.05, 0) is 111 Å². The second-order valence-corrected chi connectivity index (χ2v) is 13.9. The number of hydrogen-bond acceptors (Lipinski definition) is 5. The highest BCUT2D eigenvalue weighted by molar-refractivity contribution is 5.88. The third-order valence-electron chi connectivity index (χ3n) is 11.8. The summed E-state index contributed by atoms with van der Waals surface area (Å²) in [6.45, 7) is 18.8. The molecule has 4 aliphatic carbocycles. The standard InChI is InChI=1S/C32H50O6.C2H6/c1-18(2)10-9-11-21(29(35)36)27-23-16-24(34)28-30(5)14-13-25(37-8)19(3)22(30)12-15-31(28,6)32(23,7)17-26(27)38-20(4)33;1-2/h10,19,22-26,28,34H,9,11-17H2,1-8H3,(H,35,36);1-2H3/b27-21-;. The summed E-state index contributed by atoms with van der Waals surface area (Å²) in [6, 6.07) is 0. The zero-order valence-electron chi connectivity index (χ0n) is 26.8. The van der Waals surface area contributed by atoms with Crippen molar-refractivity contribution in [2.24, 2.45) is 39.9 Å². The first-order chi connectivity index (χ1) is 18.7. The van der Waals surface area contributed by atoms with Gasteiger partial charge in [-0.15, -0.1) is 0 Å². The molecule has 6 heteroatoms. The molecule has 0 spiro atoms. The zero-order valence-corrected chi connectivity index (χ0v) is 26.8. The van der Waals surface area contributed by atoms with Gasteiger partial charge < -0.3 is 19.7 Å². The van der Waals surface area contributed by atoms with Gasteiger partial charge in [-0.3, -0.25) is 4.79 Å². The minimum absolute atomic E-state index is 0.0166. The summed E-state index contributed by atoms with van der Waals surface area (Å²) in [4.78, 5) is 24.9. The molecule has 228 valence electrons. The van der Waals surface area contributed by atoms with Gasteiger partial charge in [0.1, 0.15) is 6.10 Å². The molecule has 0 aromatic carbocycles. The first-order valence-electron chi connectivity index (χ1n) is 15.7. The molecule has 4 fully saturated rings. The van der Waals surface area contributed by atoms with Crippen LogP contribution in [0.3, 0.4) is 0 Å². The van der Waals surface area contributed by atoms with Gasteiger partial charge in [0.25, 0.3) is 0 Å². The van der Waals surface area contributed by atoms with E-state index in [1.54, 1.807) is 0 Å². The number of aliphatic hydroxyl groups is 1. The van der Waals surface area contributed by atoms with Crippen LogP contribution in [0.25, 0.3) is 0 Å². The quantitative estimate of drug-likeness (QED) is 0.200. The van der Waals surface area contributed by atoms with Gasteiger partial charge in [0.15, 0.2) is 0 Å². The molecule has 4 saturated carbocycles. The molecule has 0 bridgehead atoms. The number of hydrogen-bond donors (Lipinski definition) is 2. The molecule has 0 aromatic rings. The lowest BCUT2D eigenvalue weighted by Crippen LogP contribution is -2.65. The molecule has 0 radical (unpaired) electrons. The number of carboxylic acid groups (broad SMARTS) is 1. The smallest absolute Gasteiger partial charge is 0.331 e. The Morgan fingerprint density at radius 2 is 1.70 bits per heavy atom. The lowest BCUT2D eigenvalue weighted by Gasteiger charge is -2.69. The van der Waals surface area contributed by atoms with Crippen LogP contribution >= 0.6 is 0 Å². The van der Waals surface area contributed by atoms with E-state index in [1.165, 1.54) is 6.92 Å². The number of fused-ring (bicyclic) bond motifs is 5. The Morgan fingerprint density at radius 1 is 1.05 bits per heavy atom. The van der Waals surface area contributed by atoms with E-state index in [9.17, 15) is 19.8 Å². The number of carbonyl (C=O) groups excluding carboxylic acids is 1. The zero-order chi connectivity index (χ0) is 30.2. The van der Waals surface area contributed by atoms with Gasteiger partial charge in [0.2, 0.25) is 0 Å². The summed E-state index contributed by atoms with van der Waals surface area (Å²) in [7, 11) is 1.82. The van der Waals surface area contributed by atoms with Crippen molar-refractivity contribution in [2.75, 3.05) is 7.11 Å². The molecule has 4 rings (SSSR count). The lowest BCUT2D eigenvalue weighted by molar-refractivity contribution is -0.235. The Bertz CT molecular complexity index is 1010. The average Bonchev–Trinajstić information content (AvgIpc) is 3.14. The maximum Gasteiger partial charge on any atom is 0.331 e. The van der Waals surface area contributed by atoms with E-state index in [1.807, 2.05) is 34.8 Å². The molecular weight excluding hydrogens is 504 g/mol. The van der Waals surface area contributed by atoms with Gasteiger partial charge in [-0.2, -0.15) is 0 Å². The second-order valence-electron chi connectivity index (χ2n) is 13.9. The van der Waals surface area contributed by atoms with Crippen LogP contribution < -0.4 is 0 Å². The molecule has 0 amide bonds. The number of aliphatic carboxylic acids is 1. The first kappa shape index (κ1) is 32.8. The van der Waals surface area contributed by atoms with E-state index in [0.29, 0.717) is 43.1 Å². The number of rotatable bonds is 6. The minimum atomic E-state index is -0.937. The molecule has 10 atom stereocenters. The Balaban J connectivity index is 0.00000216. The fourth-order valence-electron chi connectivity index (χ4n) is 10.1. The third kappa shape index (κ3) is 5.32. The second kappa shape index (κ2) is 12.3. The molecule has 0 saturated heterocycles. The van der Waals surface area contributed by atoms with Crippen molar-refractivity contribution in [3.63, 3.8) is 0 Å². The summed E-state index contributed by atoms with van der Waals surface area (Å²) in [5.41, 5.74) is 1.77. The highest BCUT2D eigenvalue weighted by Crippen LogP contribution is 2.74. The first-order valence-corrected chi connectivity index (χ1v) is 15.7. The number of esters is 1. The van der Waals surface area contributed by atoms with Crippen molar-refractivity contribution < 1.29 is 29.3 Å². The van der Waals surface area contributed by atoms with Crippen molar-refractivity contribution in [1.29, 1.82) is 0 Å². The molecule has 0 heterocycles. The largest absolute Gasteiger partial charge is 0.478 e. The number of aliphatic hydroxyl groups excluding tert-OH is 1. The predicted octanol–water partition coefficient (Wildman–Crippen LogP) is 7.35. The van der Waals surface area contributed by atoms with Crippen LogP contribution in [0, 0.1) is 39.9 Å². The monoisotopic (exact) mass is 560 g/mol. The summed E-state index contributed by atoms with van der Waals surface area (Å²) >= 11 is 0. The Kier molecular flexibility index (Phi) is 10.1. The number of ether oxygens (including phenoxy) is 2. The van der Waals surface area contributed by atoms with Gasteiger partial charge in [-0.25, -0.2) is 4.79 Å². The van der Waals surface area contributed by atoms with Crippen molar-refractivity contribution in [2.45, 2.75) is 132 Å². The number of allylic oxidation sites excluding steroid dienone is 2. The topological polar surface area (TPSA) is 93.1 Å². The van der Waals surface area contributed by atoms with Crippen LogP contribution in [-0.2, 0) is 19.1 Å². The predicted molar refractivity (Wildman–Crippen MR) is 159 cm³/mol. The third-order valence-corrected chi connectivity index (χ3v) is 11.8. The van der Waals surface area contributed by atoms with Crippen molar-refractivity contribution >= 4 is 11.9 Å². The van der Waals surface area contributed by atoms with Crippen molar-refractivity contribution in [3.05, 3.63) is 22.8 Å². The molecular formula is C34H56O6. The molecule has 2 N–H and O–H groups in total. The molecule has 10 unspecified atom stereocenters. The molecule has 6 nitrogen and oxygen atoms in total. The van der Waals surface area contributed by atoms with Gasteiger partial charge in [0, 0.05) is 19.6 Å². The number of carboxylic acids is 1. The van der Waals surface area contributed by atoms with Crippen LogP contribution in [0.15, 0.2) is 22.8 Å². The highest BCUT2D eigenvalue weighted by Gasteiger charge is 2.70. The summed E-state index contributed by atoms with van der Waals surface area (Å²) in [6.07, 6.45) is 7.46. The summed E-state index contributed by atoms with van der Waals surface area (Å²) < 4.78 is 11.8. The number of carbonyl (C=O) groups is 2. The van der Waals surface area contributed by atoms with Crippen molar-refractivity contribution in [1.82, 2.24) is 0 Å². The van der Waals surface area contributed by atoms with Crippen LogP contribution in [0.5, 0.6) is 0 Å². The maximum atomic E-state index is 12.7. The van der Waals surface area contributed by atoms with Crippen LogP contribution in [0.1, 0.15) is 114 Å². The summed E-state index contributed by atoms with van der Waals surface area (Å²) in [5.74, 6) is -0.433. The van der Waals surface area contributed by atoms with Crippen molar-refractivity contribution in [3.8, 4) is 0 Å². The van der Waals surface area contributed by atoms with Gasteiger partial charge in [0.05, 0.1) is 12.2 Å². The fraction of sp³-hybridized carbons (Fsp3) is 0.824. The van der Waals surface area contributed by atoms with E-state index in [0.717, 1.165) is 36.8 Å². The van der Waals surface area contributed by atoms with Gasteiger partial charge in [-0.1, -0.05) is 53.2 Å². The molecule has 4 aliphatic rings. The SMILES string of the molecule is CC.COC1CCC2(C)C(CCC3(C)C2C(O)CC2/C(=C(\CCC=C(C)C)C(=O)O)C(OC(C)=O)CC23C)C1C. The van der Waals surface area contributed by atoms with E-state index in [-0.39, 0.29) is 40.2 Å². The average molecular weight is 561 g/mol. The summed E-state index contributed by atoms with van der Waals surface area (Å²) in [5, 5.41) is 22.3. The van der Waals surface area contributed by atoms with E-state index < -0.39 is 18.2 Å². The van der Waals surface area contributed by atoms with Gasteiger partial charge >= 0.3 is 11.9 Å². The van der Waals surface area contributed by atoms with Crippen LogP contribution in [0.2, 0.25) is 0 Å². The molecule has 0 aromatic heterocycles. The highest BCUT2D eigenvalue weighted by atomic mass is 16.5. The van der Waals surface area contributed by atoms with Crippen LogP contribution in [0.4, 0.5) is 0 Å². The Labute approximate surface area is 243 Å². The normalized spacial score (nSPS) is 43.2. The van der Waals surface area contributed by atoms with E-state index >= 15 is 0 Å².